The second kappa shape index (κ2) is 10.2. The van der Waals surface area contributed by atoms with E-state index in [9.17, 15) is 4.79 Å². The summed E-state index contributed by atoms with van der Waals surface area (Å²) in [7, 11) is 0. The van der Waals surface area contributed by atoms with Gasteiger partial charge in [0.05, 0.1) is 0 Å². The van der Waals surface area contributed by atoms with Gasteiger partial charge in [0.1, 0.15) is 0 Å². The minimum atomic E-state index is 0.242. The Labute approximate surface area is 125 Å². The van der Waals surface area contributed by atoms with Crippen LogP contribution in [-0.4, -0.2) is 24.0 Å². The van der Waals surface area contributed by atoms with Crippen molar-refractivity contribution < 1.29 is 4.79 Å². The lowest BCUT2D eigenvalue weighted by atomic mass is 9.95. The molecule has 0 bridgehead atoms. The summed E-state index contributed by atoms with van der Waals surface area (Å²) in [5.74, 6) is 0.242. The molecule has 20 heavy (non-hydrogen) atoms. The van der Waals surface area contributed by atoms with Crippen LogP contribution in [-0.2, 0) is 4.79 Å². The summed E-state index contributed by atoms with van der Waals surface area (Å²) in [5.41, 5.74) is 0. The van der Waals surface area contributed by atoms with Crippen molar-refractivity contribution in [2.24, 2.45) is 0 Å². The van der Waals surface area contributed by atoms with E-state index in [1.807, 2.05) is 0 Å². The Morgan fingerprint density at radius 1 is 1.05 bits per heavy atom. The van der Waals surface area contributed by atoms with Gasteiger partial charge in [-0.1, -0.05) is 45.4 Å². The van der Waals surface area contributed by atoms with Crippen molar-refractivity contribution in [3.05, 3.63) is 0 Å². The van der Waals surface area contributed by atoms with Crippen molar-refractivity contribution in [2.45, 2.75) is 103 Å². The summed E-state index contributed by atoms with van der Waals surface area (Å²) in [6.07, 6.45) is 11.8. The molecular formula is C17H34N2O. The van der Waals surface area contributed by atoms with Crippen molar-refractivity contribution in [1.82, 2.24) is 10.6 Å². The first-order chi connectivity index (χ1) is 9.63. The molecule has 118 valence electrons. The van der Waals surface area contributed by atoms with Gasteiger partial charge < -0.3 is 10.6 Å². The second-order valence-electron chi connectivity index (χ2n) is 6.48. The highest BCUT2D eigenvalue weighted by Gasteiger charge is 2.25. The first-order valence-corrected chi connectivity index (χ1v) is 8.69. The van der Waals surface area contributed by atoms with Crippen LogP contribution >= 0.6 is 0 Å². The molecule has 1 rings (SSSR count). The van der Waals surface area contributed by atoms with E-state index >= 15 is 0 Å². The maximum Gasteiger partial charge on any atom is 0.220 e. The van der Waals surface area contributed by atoms with Crippen LogP contribution in [0.15, 0.2) is 0 Å². The third-order valence-electron chi connectivity index (χ3n) is 4.42. The van der Waals surface area contributed by atoms with Crippen molar-refractivity contribution in [3.8, 4) is 0 Å². The first-order valence-electron chi connectivity index (χ1n) is 8.69. The highest BCUT2D eigenvalue weighted by Crippen LogP contribution is 2.14. The Morgan fingerprint density at radius 2 is 1.70 bits per heavy atom. The quantitative estimate of drug-likeness (QED) is 0.632. The average Bonchev–Trinajstić information content (AvgIpc) is 2.41. The average molecular weight is 282 g/mol. The fourth-order valence-electron chi connectivity index (χ4n) is 3.05. The summed E-state index contributed by atoms with van der Waals surface area (Å²) in [4.78, 5) is 11.9. The lowest BCUT2D eigenvalue weighted by molar-refractivity contribution is -0.122. The third kappa shape index (κ3) is 7.28. The molecule has 1 fully saturated rings. The summed E-state index contributed by atoms with van der Waals surface area (Å²) in [6, 6.07) is 1.31. The van der Waals surface area contributed by atoms with Gasteiger partial charge in [-0.15, -0.1) is 0 Å². The van der Waals surface area contributed by atoms with Crippen LogP contribution in [0.5, 0.6) is 0 Å². The smallest absolute Gasteiger partial charge is 0.220 e. The number of carbonyl (C=O) groups excluding carboxylic acids is 1. The highest BCUT2D eigenvalue weighted by molar-refractivity contribution is 5.76. The molecule has 3 heteroatoms. The van der Waals surface area contributed by atoms with Gasteiger partial charge in [-0.2, -0.15) is 0 Å². The fraction of sp³-hybridized carbons (Fsp3) is 0.941. The van der Waals surface area contributed by atoms with Crippen molar-refractivity contribution in [1.29, 1.82) is 0 Å². The summed E-state index contributed by atoms with van der Waals surface area (Å²) in [5, 5.41) is 6.71. The second-order valence-corrected chi connectivity index (χ2v) is 6.48. The number of rotatable bonds is 9. The number of unbranched alkanes of at least 4 members (excludes halogenated alkanes) is 6. The van der Waals surface area contributed by atoms with Crippen LogP contribution in [0, 0.1) is 0 Å². The van der Waals surface area contributed by atoms with Crippen LogP contribution in [0.2, 0.25) is 0 Å². The van der Waals surface area contributed by atoms with Crippen molar-refractivity contribution in [3.63, 3.8) is 0 Å². The van der Waals surface area contributed by atoms with E-state index in [0.717, 1.165) is 19.3 Å². The predicted molar refractivity (Wildman–Crippen MR) is 85.8 cm³/mol. The topological polar surface area (TPSA) is 41.1 Å². The molecule has 2 N–H and O–H groups in total. The van der Waals surface area contributed by atoms with Crippen LogP contribution in [0.4, 0.5) is 0 Å². The van der Waals surface area contributed by atoms with Gasteiger partial charge in [0, 0.05) is 24.5 Å². The predicted octanol–water partition coefficient (Wildman–Crippen LogP) is 3.77. The fourth-order valence-corrected chi connectivity index (χ4v) is 3.05. The highest BCUT2D eigenvalue weighted by atomic mass is 16.1. The molecule has 1 aliphatic rings. The standard InChI is InChI=1S/C17H34N2O/c1-4-5-6-7-8-9-10-11-17(20)19-16-13-12-14(2)18-15(16)3/h14-16,18H,4-13H2,1-3H3,(H,19,20). The van der Waals surface area contributed by atoms with E-state index in [1.54, 1.807) is 0 Å². The van der Waals surface area contributed by atoms with Crippen molar-refractivity contribution >= 4 is 5.91 Å². The van der Waals surface area contributed by atoms with Crippen LogP contribution in [0.3, 0.4) is 0 Å². The molecule has 1 aliphatic heterocycles. The van der Waals surface area contributed by atoms with E-state index < -0.39 is 0 Å². The van der Waals surface area contributed by atoms with Gasteiger partial charge in [-0.05, 0) is 33.1 Å². The molecule has 1 saturated heterocycles. The molecule has 3 atom stereocenters. The maximum atomic E-state index is 11.9. The molecule has 0 saturated carbocycles. The normalized spacial score (nSPS) is 26.4. The zero-order valence-electron chi connectivity index (χ0n) is 13.7. The third-order valence-corrected chi connectivity index (χ3v) is 4.42. The SMILES string of the molecule is CCCCCCCCCC(=O)NC1CCC(C)NC1C. The molecule has 0 aromatic rings. The molecule has 0 aromatic carbocycles. The van der Waals surface area contributed by atoms with E-state index in [2.05, 4.69) is 31.4 Å². The van der Waals surface area contributed by atoms with Gasteiger partial charge in [0.2, 0.25) is 5.91 Å². The summed E-state index contributed by atoms with van der Waals surface area (Å²) < 4.78 is 0. The zero-order valence-corrected chi connectivity index (χ0v) is 13.7. The lowest BCUT2D eigenvalue weighted by Gasteiger charge is -2.34. The Hall–Kier alpha value is -0.570. The lowest BCUT2D eigenvalue weighted by Crippen LogP contribution is -2.54. The Bertz CT molecular complexity index is 268. The van der Waals surface area contributed by atoms with Crippen LogP contribution < -0.4 is 10.6 Å². The summed E-state index contributed by atoms with van der Waals surface area (Å²) in [6.45, 7) is 6.63. The zero-order chi connectivity index (χ0) is 14.8. The minimum absolute atomic E-state index is 0.242. The van der Waals surface area contributed by atoms with E-state index in [1.165, 1.54) is 38.5 Å². The number of hydrogen-bond acceptors (Lipinski definition) is 2. The molecule has 1 amide bonds. The van der Waals surface area contributed by atoms with E-state index in [0.29, 0.717) is 24.5 Å². The number of hydrogen-bond donors (Lipinski definition) is 2. The Kier molecular flexibility index (Phi) is 8.92. The molecule has 0 aliphatic carbocycles. The Morgan fingerprint density at radius 3 is 2.35 bits per heavy atom. The molecule has 0 radical (unpaired) electrons. The first kappa shape index (κ1) is 17.5. The minimum Gasteiger partial charge on any atom is -0.352 e. The molecular weight excluding hydrogens is 248 g/mol. The molecule has 0 aromatic heterocycles. The Balaban J connectivity index is 2.02. The molecule has 3 unspecified atom stereocenters. The summed E-state index contributed by atoms with van der Waals surface area (Å²) >= 11 is 0. The van der Waals surface area contributed by atoms with Gasteiger partial charge in [-0.3, -0.25) is 4.79 Å². The molecule has 1 heterocycles. The van der Waals surface area contributed by atoms with Crippen LogP contribution in [0.25, 0.3) is 0 Å². The largest absolute Gasteiger partial charge is 0.352 e. The molecule has 0 spiro atoms. The maximum absolute atomic E-state index is 11.9. The number of piperidine rings is 1. The van der Waals surface area contributed by atoms with E-state index in [-0.39, 0.29) is 5.91 Å². The molecule has 3 nitrogen and oxygen atoms in total. The van der Waals surface area contributed by atoms with Gasteiger partial charge in [-0.25, -0.2) is 0 Å². The monoisotopic (exact) mass is 282 g/mol. The van der Waals surface area contributed by atoms with Gasteiger partial charge in [0.15, 0.2) is 0 Å². The van der Waals surface area contributed by atoms with Gasteiger partial charge >= 0.3 is 0 Å². The number of nitrogens with one attached hydrogen (secondary N) is 2. The van der Waals surface area contributed by atoms with E-state index in [4.69, 9.17) is 0 Å². The number of amides is 1. The van der Waals surface area contributed by atoms with Crippen molar-refractivity contribution in [2.75, 3.05) is 0 Å². The van der Waals surface area contributed by atoms with Crippen LogP contribution in [0.1, 0.15) is 85.0 Å². The van der Waals surface area contributed by atoms with Gasteiger partial charge in [0.25, 0.3) is 0 Å². The number of carbonyl (C=O) groups is 1.